The van der Waals surface area contributed by atoms with Crippen molar-refractivity contribution in [1.82, 2.24) is 4.57 Å². The number of ether oxygens (including phenoxy) is 5. The summed E-state index contributed by atoms with van der Waals surface area (Å²) in [5.41, 5.74) is 2.35. The van der Waals surface area contributed by atoms with Crippen LogP contribution < -0.4 is 29.1 Å². The summed E-state index contributed by atoms with van der Waals surface area (Å²) in [5, 5.41) is 2.62. The lowest BCUT2D eigenvalue weighted by molar-refractivity contribution is -0.143. The third-order valence-corrected chi connectivity index (χ3v) is 10.0. The Hall–Kier alpha value is -4.91. The number of nitrogens with zero attached hydrogens (tertiary/aromatic N) is 2. The van der Waals surface area contributed by atoms with Crippen LogP contribution in [0.5, 0.6) is 17.2 Å². The van der Waals surface area contributed by atoms with Gasteiger partial charge in [0.2, 0.25) is 0 Å². The van der Waals surface area contributed by atoms with Crippen molar-refractivity contribution in [1.29, 1.82) is 0 Å². The van der Waals surface area contributed by atoms with E-state index in [-0.39, 0.29) is 31.0 Å². The summed E-state index contributed by atoms with van der Waals surface area (Å²) in [5.74, 6) is -0.0393. The molecule has 0 unspecified atom stereocenters. The Kier molecular flexibility index (Phi) is 11.5. The zero-order valence-corrected chi connectivity index (χ0v) is 31.9. The van der Waals surface area contributed by atoms with Crippen LogP contribution in [0.25, 0.3) is 16.8 Å². The van der Waals surface area contributed by atoms with Gasteiger partial charge >= 0.3 is 11.9 Å². The van der Waals surface area contributed by atoms with E-state index < -0.39 is 18.0 Å². The van der Waals surface area contributed by atoms with Gasteiger partial charge in [0.15, 0.2) is 22.9 Å². The Balaban J connectivity index is 1.46. The Labute approximate surface area is 316 Å². The second-order valence-electron chi connectivity index (χ2n) is 11.5. The van der Waals surface area contributed by atoms with Crippen molar-refractivity contribution in [3.8, 4) is 17.2 Å². The van der Waals surface area contributed by atoms with E-state index in [1.807, 2.05) is 31.2 Å². The zero-order chi connectivity index (χ0) is 36.9. The van der Waals surface area contributed by atoms with E-state index in [0.717, 1.165) is 16.3 Å². The van der Waals surface area contributed by atoms with Crippen molar-refractivity contribution in [2.24, 2.45) is 4.99 Å². The fourth-order valence-electron chi connectivity index (χ4n) is 5.93. The summed E-state index contributed by atoms with van der Waals surface area (Å²) in [6, 6.07) is 21.7. The Morgan fingerprint density at radius 3 is 2.54 bits per heavy atom. The van der Waals surface area contributed by atoms with Crippen LogP contribution in [0.4, 0.5) is 0 Å². The van der Waals surface area contributed by atoms with Crippen molar-refractivity contribution in [3.63, 3.8) is 0 Å². The summed E-state index contributed by atoms with van der Waals surface area (Å²) in [6.07, 6.45) is 1.72. The number of aromatic nitrogens is 1. The van der Waals surface area contributed by atoms with Gasteiger partial charge in [-0.2, -0.15) is 0 Å². The molecule has 1 aromatic heterocycles. The summed E-state index contributed by atoms with van der Waals surface area (Å²) in [4.78, 5) is 44.8. The summed E-state index contributed by atoms with van der Waals surface area (Å²) >= 11 is 11.3. The van der Waals surface area contributed by atoms with E-state index in [1.165, 1.54) is 23.0 Å². The number of carbonyl (C=O) groups excluding carboxylic acids is 2. The van der Waals surface area contributed by atoms with Crippen LogP contribution >= 0.6 is 38.9 Å². The Morgan fingerprint density at radius 2 is 1.77 bits per heavy atom. The molecule has 0 fully saturated rings. The standard InChI is InChI=1S/C39H34BrClN2O8S/c1-5-48-31-17-24(14-15-30(31)50-21-33(44)47-4)35-34(38(46)49-6-2)22(3)42-39-43(35)37(45)32(52-39)18-26-16-27(41)19-29(40)36(26)51-20-25-12-9-11-23-10-7-8-13-28(23)25/h7-19,35H,5-6,20-21H2,1-4H3/b32-18+/t35-/m1/s1. The first kappa shape index (κ1) is 36.9. The third-order valence-electron chi connectivity index (χ3n) is 8.25. The quantitative estimate of drug-likeness (QED) is 0.125. The van der Waals surface area contributed by atoms with Crippen LogP contribution in [0, 0.1) is 0 Å². The lowest BCUT2D eigenvalue weighted by Crippen LogP contribution is -2.40. The molecule has 0 spiro atoms. The highest BCUT2D eigenvalue weighted by molar-refractivity contribution is 9.10. The van der Waals surface area contributed by atoms with E-state index in [1.54, 1.807) is 50.3 Å². The maximum atomic E-state index is 14.4. The van der Waals surface area contributed by atoms with Gasteiger partial charge in [0.25, 0.3) is 5.56 Å². The van der Waals surface area contributed by atoms with Gasteiger partial charge in [0, 0.05) is 10.6 Å². The minimum atomic E-state index is -0.917. The number of fused-ring (bicyclic) bond motifs is 2. The molecule has 0 radical (unpaired) electrons. The summed E-state index contributed by atoms with van der Waals surface area (Å²) in [6.45, 7) is 5.59. The first-order valence-corrected chi connectivity index (χ1v) is 18.4. The predicted molar refractivity (Wildman–Crippen MR) is 203 cm³/mol. The molecule has 1 aliphatic rings. The average molecular weight is 806 g/mol. The maximum Gasteiger partial charge on any atom is 0.343 e. The molecule has 5 aromatic rings. The molecule has 52 heavy (non-hydrogen) atoms. The molecule has 0 aliphatic carbocycles. The molecule has 6 rings (SSSR count). The van der Waals surface area contributed by atoms with Crippen molar-refractivity contribution in [2.45, 2.75) is 33.4 Å². The molecule has 0 saturated carbocycles. The molecule has 13 heteroatoms. The highest BCUT2D eigenvalue weighted by Crippen LogP contribution is 2.37. The Morgan fingerprint density at radius 1 is 0.981 bits per heavy atom. The van der Waals surface area contributed by atoms with E-state index in [0.29, 0.717) is 59.5 Å². The van der Waals surface area contributed by atoms with Crippen molar-refractivity contribution < 1.29 is 33.3 Å². The van der Waals surface area contributed by atoms with Crippen LogP contribution in [-0.2, 0) is 25.7 Å². The number of halogens is 2. The van der Waals surface area contributed by atoms with Gasteiger partial charge in [-0.1, -0.05) is 71.5 Å². The molecule has 10 nitrogen and oxygen atoms in total. The van der Waals surface area contributed by atoms with Crippen molar-refractivity contribution in [3.05, 3.63) is 130 Å². The van der Waals surface area contributed by atoms with Gasteiger partial charge in [-0.05, 0) is 88.9 Å². The molecular weight excluding hydrogens is 772 g/mol. The first-order chi connectivity index (χ1) is 25.1. The fraction of sp³-hybridized carbons (Fsp3) is 0.231. The van der Waals surface area contributed by atoms with Crippen LogP contribution in [0.15, 0.2) is 98.3 Å². The van der Waals surface area contributed by atoms with Crippen molar-refractivity contribution in [2.75, 3.05) is 26.9 Å². The highest BCUT2D eigenvalue weighted by atomic mass is 79.9. The molecule has 0 bridgehead atoms. The van der Waals surface area contributed by atoms with E-state index in [4.69, 9.17) is 40.3 Å². The minimum absolute atomic E-state index is 0.127. The van der Waals surface area contributed by atoms with Crippen LogP contribution in [-0.4, -0.2) is 43.4 Å². The largest absolute Gasteiger partial charge is 0.490 e. The molecule has 0 N–H and O–H groups in total. The number of carbonyl (C=O) groups is 2. The monoisotopic (exact) mass is 804 g/mol. The summed E-state index contributed by atoms with van der Waals surface area (Å²) < 4.78 is 30.5. The second kappa shape index (κ2) is 16.2. The van der Waals surface area contributed by atoms with Crippen LogP contribution in [0.1, 0.15) is 43.5 Å². The van der Waals surface area contributed by atoms with E-state index in [9.17, 15) is 14.4 Å². The third kappa shape index (κ3) is 7.64. The van der Waals surface area contributed by atoms with Gasteiger partial charge in [-0.3, -0.25) is 9.36 Å². The zero-order valence-electron chi connectivity index (χ0n) is 28.7. The van der Waals surface area contributed by atoms with Gasteiger partial charge in [-0.15, -0.1) is 0 Å². The number of hydrogen-bond donors (Lipinski definition) is 0. The highest BCUT2D eigenvalue weighted by Gasteiger charge is 2.34. The fourth-order valence-corrected chi connectivity index (χ4v) is 7.92. The molecule has 0 amide bonds. The van der Waals surface area contributed by atoms with E-state index in [2.05, 4.69) is 34.1 Å². The molecule has 2 heterocycles. The normalized spacial score (nSPS) is 14.1. The predicted octanol–water partition coefficient (Wildman–Crippen LogP) is 6.90. The molecule has 1 aliphatic heterocycles. The molecule has 268 valence electrons. The molecular formula is C39H34BrClN2O8S. The topological polar surface area (TPSA) is 115 Å². The van der Waals surface area contributed by atoms with Crippen molar-refractivity contribution >= 4 is 67.7 Å². The second-order valence-corrected chi connectivity index (χ2v) is 13.8. The Bertz CT molecular complexity index is 2400. The SMILES string of the molecule is CCOC(=O)C1=C(C)N=c2s/c(=C/c3cc(Cl)cc(Br)c3OCc3cccc4ccccc34)c(=O)n2[C@@H]1c1ccc(OCC(=O)OC)c(OCC)c1. The number of benzene rings is 4. The number of thiazole rings is 1. The lowest BCUT2D eigenvalue weighted by Gasteiger charge is -2.25. The van der Waals surface area contributed by atoms with Crippen LogP contribution in [0.2, 0.25) is 5.02 Å². The van der Waals surface area contributed by atoms with Gasteiger partial charge in [0.1, 0.15) is 12.4 Å². The van der Waals surface area contributed by atoms with Crippen LogP contribution in [0.3, 0.4) is 0 Å². The number of hydrogen-bond acceptors (Lipinski definition) is 10. The van der Waals surface area contributed by atoms with Gasteiger partial charge < -0.3 is 23.7 Å². The number of rotatable bonds is 12. The maximum absolute atomic E-state index is 14.4. The number of allylic oxidation sites excluding steroid dienone is 1. The smallest absolute Gasteiger partial charge is 0.343 e. The van der Waals surface area contributed by atoms with E-state index >= 15 is 0 Å². The average Bonchev–Trinajstić information content (AvgIpc) is 3.43. The van der Waals surface area contributed by atoms with Gasteiger partial charge in [-0.25, -0.2) is 14.6 Å². The molecule has 4 aromatic carbocycles. The molecule has 0 saturated heterocycles. The first-order valence-electron chi connectivity index (χ1n) is 16.4. The number of esters is 2. The number of methoxy groups -OCH3 is 1. The minimum Gasteiger partial charge on any atom is -0.490 e. The van der Waals surface area contributed by atoms with Gasteiger partial charge in [0.05, 0.1) is 46.6 Å². The summed E-state index contributed by atoms with van der Waals surface area (Å²) in [7, 11) is 1.27. The molecule has 1 atom stereocenters. The lowest BCUT2D eigenvalue weighted by atomic mass is 9.95.